The van der Waals surface area contributed by atoms with Gasteiger partial charge in [0.2, 0.25) is 0 Å². The molecular formula is C21H22N2O4S. The quantitative estimate of drug-likeness (QED) is 0.681. The predicted octanol–water partition coefficient (Wildman–Crippen LogP) is 3.90. The number of pyridine rings is 1. The lowest BCUT2D eigenvalue weighted by Gasteiger charge is -2.13. The molecular weight excluding hydrogens is 376 g/mol. The highest BCUT2D eigenvalue weighted by molar-refractivity contribution is 7.93. The first kappa shape index (κ1) is 18.7. The Hall–Kier alpha value is -2.64. The Balaban J connectivity index is 1.56. The van der Waals surface area contributed by atoms with Gasteiger partial charge in [-0.2, -0.15) is 0 Å². The van der Waals surface area contributed by atoms with E-state index in [1.54, 1.807) is 42.6 Å². The number of nitrogens with zero attached hydrogens (tertiary/aromatic N) is 1. The summed E-state index contributed by atoms with van der Waals surface area (Å²) >= 11 is 0. The fraction of sp³-hybridized carbons (Fsp3) is 0.286. The lowest BCUT2D eigenvalue weighted by molar-refractivity contribution is 0.0680. The van der Waals surface area contributed by atoms with Crippen molar-refractivity contribution in [3.05, 3.63) is 60.3 Å². The monoisotopic (exact) mass is 398 g/mol. The summed E-state index contributed by atoms with van der Waals surface area (Å²) < 4.78 is 39.9. The number of sulfonamides is 1. The predicted molar refractivity (Wildman–Crippen MR) is 108 cm³/mol. The van der Waals surface area contributed by atoms with E-state index in [1.807, 2.05) is 19.1 Å². The molecule has 28 heavy (non-hydrogen) atoms. The third-order valence-corrected chi connectivity index (χ3v) is 6.06. The summed E-state index contributed by atoms with van der Waals surface area (Å²) in [6, 6.07) is 14.0. The van der Waals surface area contributed by atoms with Gasteiger partial charge in [0, 0.05) is 24.3 Å². The number of rotatable bonds is 6. The number of nitrogens with one attached hydrogen (secondary N) is 1. The first-order chi connectivity index (χ1) is 13.5. The van der Waals surface area contributed by atoms with Crippen LogP contribution in [0.25, 0.3) is 10.9 Å². The van der Waals surface area contributed by atoms with Crippen molar-refractivity contribution in [1.29, 1.82) is 0 Å². The third-order valence-electron chi connectivity index (χ3n) is 4.65. The Morgan fingerprint density at radius 2 is 2.07 bits per heavy atom. The van der Waals surface area contributed by atoms with Gasteiger partial charge in [0.25, 0.3) is 10.0 Å². The van der Waals surface area contributed by atoms with Crippen LogP contribution in [0.15, 0.2) is 59.6 Å². The molecule has 1 atom stereocenters. The number of anilines is 1. The van der Waals surface area contributed by atoms with E-state index < -0.39 is 10.0 Å². The lowest BCUT2D eigenvalue weighted by atomic mass is 10.2. The summed E-state index contributed by atoms with van der Waals surface area (Å²) in [7, 11) is -3.79. The van der Waals surface area contributed by atoms with E-state index in [0.717, 1.165) is 30.4 Å². The molecule has 1 saturated heterocycles. The molecule has 1 N–H and O–H groups in total. The molecule has 0 spiro atoms. The van der Waals surface area contributed by atoms with Gasteiger partial charge in [0.15, 0.2) is 0 Å². The zero-order chi connectivity index (χ0) is 19.6. The first-order valence-corrected chi connectivity index (χ1v) is 10.7. The van der Waals surface area contributed by atoms with Crippen LogP contribution < -0.4 is 9.46 Å². The largest absolute Gasteiger partial charge is 0.491 e. The van der Waals surface area contributed by atoms with Crippen LogP contribution >= 0.6 is 0 Å². The number of ether oxygens (including phenoxy) is 2. The maximum absolute atomic E-state index is 13.0. The summed E-state index contributed by atoms with van der Waals surface area (Å²) in [4.78, 5) is 4.47. The molecule has 3 aromatic rings. The van der Waals surface area contributed by atoms with Crippen molar-refractivity contribution in [3.63, 3.8) is 0 Å². The number of para-hydroxylation sites is 1. The van der Waals surface area contributed by atoms with Crippen molar-refractivity contribution in [2.75, 3.05) is 17.9 Å². The minimum Gasteiger partial charge on any atom is -0.491 e. The SMILES string of the molecule is Cc1cnc2c(S(=O)(=O)Nc3cccc(OC[C@H]4CCCO4)c3)cccc2c1. The van der Waals surface area contributed by atoms with Crippen molar-refractivity contribution >= 4 is 26.6 Å². The summed E-state index contributed by atoms with van der Waals surface area (Å²) in [5, 5.41) is 0.788. The molecule has 7 heteroatoms. The highest BCUT2D eigenvalue weighted by Gasteiger charge is 2.19. The molecule has 6 nitrogen and oxygen atoms in total. The highest BCUT2D eigenvalue weighted by Crippen LogP contribution is 2.26. The molecule has 2 aromatic carbocycles. The molecule has 1 aromatic heterocycles. The standard InChI is InChI=1S/C21H22N2O4S/c1-15-11-16-5-2-9-20(21(16)22-13-15)28(24,25)23-17-6-3-7-18(12-17)27-14-19-8-4-10-26-19/h2-3,5-7,9,11-13,19,23H,4,8,10,14H2,1H3/t19-/m1/s1. The Kier molecular flexibility index (Phi) is 5.19. The van der Waals surface area contributed by atoms with E-state index in [4.69, 9.17) is 9.47 Å². The highest BCUT2D eigenvalue weighted by atomic mass is 32.2. The van der Waals surface area contributed by atoms with E-state index >= 15 is 0 Å². The van der Waals surface area contributed by atoms with E-state index in [-0.39, 0.29) is 11.0 Å². The molecule has 1 aliphatic heterocycles. The number of hydrogen-bond acceptors (Lipinski definition) is 5. The zero-order valence-electron chi connectivity index (χ0n) is 15.6. The Morgan fingerprint density at radius 1 is 1.21 bits per heavy atom. The fourth-order valence-electron chi connectivity index (χ4n) is 3.28. The molecule has 4 rings (SSSR count). The summed E-state index contributed by atoms with van der Waals surface area (Å²) in [5.74, 6) is 0.599. The Bertz CT molecular complexity index is 1090. The van der Waals surface area contributed by atoms with E-state index in [9.17, 15) is 8.42 Å². The average molecular weight is 398 g/mol. The van der Waals surface area contributed by atoms with Gasteiger partial charge in [-0.3, -0.25) is 9.71 Å². The van der Waals surface area contributed by atoms with E-state index in [1.165, 1.54) is 0 Å². The first-order valence-electron chi connectivity index (χ1n) is 9.24. The minimum absolute atomic E-state index is 0.102. The van der Waals surface area contributed by atoms with Gasteiger partial charge in [0.05, 0.1) is 17.3 Å². The normalized spacial score (nSPS) is 17.0. The van der Waals surface area contributed by atoms with Crippen LogP contribution in [0.2, 0.25) is 0 Å². The van der Waals surface area contributed by atoms with Gasteiger partial charge < -0.3 is 9.47 Å². The van der Waals surface area contributed by atoms with Crippen LogP contribution in [-0.4, -0.2) is 32.7 Å². The molecule has 1 aliphatic rings. The third kappa shape index (κ3) is 4.10. The lowest BCUT2D eigenvalue weighted by Crippen LogP contribution is -2.16. The number of benzene rings is 2. The minimum atomic E-state index is -3.79. The second-order valence-electron chi connectivity index (χ2n) is 6.92. The molecule has 0 amide bonds. The smallest absolute Gasteiger partial charge is 0.264 e. The molecule has 0 unspecified atom stereocenters. The van der Waals surface area contributed by atoms with Crippen LogP contribution in [0.4, 0.5) is 5.69 Å². The topological polar surface area (TPSA) is 77.5 Å². The van der Waals surface area contributed by atoms with Crippen molar-refractivity contribution in [2.45, 2.75) is 30.8 Å². The maximum Gasteiger partial charge on any atom is 0.264 e. The van der Waals surface area contributed by atoms with Crippen molar-refractivity contribution in [3.8, 4) is 5.75 Å². The van der Waals surface area contributed by atoms with Crippen LogP contribution in [0.1, 0.15) is 18.4 Å². The fourth-order valence-corrected chi connectivity index (χ4v) is 4.51. The van der Waals surface area contributed by atoms with E-state index in [0.29, 0.717) is 23.6 Å². The zero-order valence-corrected chi connectivity index (χ0v) is 16.4. The van der Waals surface area contributed by atoms with Crippen molar-refractivity contribution < 1.29 is 17.9 Å². The molecule has 0 aliphatic carbocycles. The van der Waals surface area contributed by atoms with Gasteiger partial charge in [-0.25, -0.2) is 8.42 Å². The van der Waals surface area contributed by atoms with E-state index in [2.05, 4.69) is 9.71 Å². The van der Waals surface area contributed by atoms with Crippen LogP contribution in [0.3, 0.4) is 0 Å². The maximum atomic E-state index is 13.0. The Labute approximate surface area is 164 Å². The molecule has 2 heterocycles. The van der Waals surface area contributed by atoms with Gasteiger partial charge in [-0.1, -0.05) is 18.2 Å². The van der Waals surface area contributed by atoms with Crippen molar-refractivity contribution in [2.24, 2.45) is 0 Å². The second kappa shape index (κ2) is 7.77. The average Bonchev–Trinajstić information content (AvgIpc) is 3.19. The number of aromatic nitrogens is 1. The number of fused-ring (bicyclic) bond motifs is 1. The summed E-state index contributed by atoms with van der Waals surface area (Å²) in [5.41, 5.74) is 1.87. The molecule has 146 valence electrons. The Morgan fingerprint density at radius 3 is 2.89 bits per heavy atom. The van der Waals surface area contributed by atoms with Crippen LogP contribution in [-0.2, 0) is 14.8 Å². The van der Waals surface area contributed by atoms with Crippen molar-refractivity contribution in [1.82, 2.24) is 4.98 Å². The molecule has 0 radical (unpaired) electrons. The van der Waals surface area contributed by atoms with Gasteiger partial charge >= 0.3 is 0 Å². The number of aryl methyl sites for hydroxylation is 1. The molecule has 0 saturated carbocycles. The van der Waals surface area contributed by atoms with Gasteiger partial charge in [-0.15, -0.1) is 0 Å². The van der Waals surface area contributed by atoms with Gasteiger partial charge in [0.1, 0.15) is 17.3 Å². The number of hydrogen-bond donors (Lipinski definition) is 1. The van der Waals surface area contributed by atoms with Crippen LogP contribution in [0.5, 0.6) is 5.75 Å². The molecule has 1 fully saturated rings. The van der Waals surface area contributed by atoms with Gasteiger partial charge in [-0.05, 0) is 49.6 Å². The second-order valence-corrected chi connectivity index (χ2v) is 8.57. The summed E-state index contributed by atoms with van der Waals surface area (Å²) in [6.07, 6.45) is 3.80. The molecule has 0 bridgehead atoms. The summed E-state index contributed by atoms with van der Waals surface area (Å²) in [6.45, 7) is 3.16. The van der Waals surface area contributed by atoms with Crippen LogP contribution in [0, 0.1) is 6.92 Å².